The first-order valence-corrected chi connectivity index (χ1v) is 5.75. The maximum Gasteiger partial charge on any atom is 0.255 e. The van der Waals surface area contributed by atoms with E-state index < -0.39 is 0 Å². The van der Waals surface area contributed by atoms with Crippen LogP contribution in [0.15, 0.2) is 24.5 Å². The second-order valence-electron chi connectivity index (χ2n) is 4.08. The fourth-order valence-electron chi connectivity index (χ4n) is 1.83. The van der Waals surface area contributed by atoms with Gasteiger partial charge in [0.1, 0.15) is 6.33 Å². The van der Waals surface area contributed by atoms with Crippen molar-refractivity contribution in [2.45, 2.75) is 6.54 Å². The molecule has 7 nitrogen and oxygen atoms in total. The predicted octanol–water partition coefficient (Wildman–Crippen LogP) is 0.474. The molecule has 0 saturated carbocycles. The Morgan fingerprint density at radius 3 is 3.16 bits per heavy atom. The average Bonchev–Trinajstić information content (AvgIpc) is 3.04. The summed E-state index contributed by atoms with van der Waals surface area (Å²) in [4.78, 5) is 12.1. The Morgan fingerprint density at radius 2 is 2.37 bits per heavy atom. The number of para-hydroxylation sites is 1. The molecule has 0 aliphatic carbocycles. The largest absolute Gasteiger partial charge is 0.454 e. The highest BCUT2D eigenvalue weighted by Crippen LogP contribution is 2.35. The molecule has 1 aliphatic rings. The lowest BCUT2D eigenvalue weighted by Gasteiger charge is -2.07. The van der Waals surface area contributed by atoms with Crippen LogP contribution in [0, 0.1) is 0 Å². The van der Waals surface area contributed by atoms with Gasteiger partial charge >= 0.3 is 0 Å². The van der Waals surface area contributed by atoms with Gasteiger partial charge in [-0.05, 0) is 12.1 Å². The van der Waals surface area contributed by atoms with Gasteiger partial charge in [0.25, 0.3) is 5.91 Å². The highest BCUT2D eigenvalue weighted by atomic mass is 16.7. The van der Waals surface area contributed by atoms with Crippen LogP contribution in [0.3, 0.4) is 0 Å². The molecule has 0 spiro atoms. The lowest BCUT2D eigenvalue weighted by Crippen LogP contribution is -2.24. The summed E-state index contributed by atoms with van der Waals surface area (Å²) in [6.07, 6.45) is 1.58. The minimum atomic E-state index is -0.231. The standard InChI is InChI=1S/C12H12N4O3/c1-16-6-14-15-10(16)5-13-12(17)8-3-2-4-9-11(8)19-7-18-9/h2-4,6H,5,7H2,1H3,(H,13,17). The summed E-state index contributed by atoms with van der Waals surface area (Å²) in [6, 6.07) is 5.21. The van der Waals surface area contributed by atoms with Crippen LogP contribution in [0.1, 0.15) is 16.2 Å². The minimum absolute atomic E-state index is 0.142. The van der Waals surface area contributed by atoms with Crippen LogP contribution in [-0.4, -0.2) is 27.5 Å². The molecule has 7 heteroatoms. The van der Waals surface area contributed by atoms with E-state index in [9.17, 15) is 4.79 Å². The maximum atomic E-state index is 12.1. The van der Waals surface area contributed by atoms with Crippen LogP contribution in [-0.2, 0) is 13.6 Å². The number of ether oxygens (including phenoxy) is 2. The second kappa shape index (κ2) is 4.60. The van der Waals surface area contributed by atoms with Crippen LogP contribution in [0.5, 0.6) is 11.5 Å². The molecule has 0 fully saturated rings. The molecule has 0 bridgehead atoms. The Kier molecular flexibility index (Phi) is 2.79. The zero-order chi connectivity index (χ0) is 13.2. The lowest BCUT2D eigenvalue weighted by atomic mass is 10.1. The number of fused-ring (bicyclic) bond motifs is 1. The minimum Gasteiger partial charge on any atom is -0.454 e. The average molecular weight is 260 g/mol. The highest BCUT2D eigenvalue weighted by Gasteiger charge is 2.21. The Labute approximate surface area is 109 Å². The molecule has 1 aromatic carbocycles. The number of hydrogen-bond donors (Lipinski definition) is 1. The van der Waals surface area contributed by atoms with E-state index in [2.05, 4.69) is 15.5 Å². The predicted molar refractivity (Wildman–Crippen MR) is 64.7 cm³/mol. The Bertz CT molecular complexity index is 623. The number of hydrogen-bond acceptors (Lipinski definition) is 5. The fourth-order valence-corrected chi connectivity index (χ4v) is 1.83. The molecule has 1 aliphatic heterocycles. The van der Waals surface area contributed by atoms with E-state index >= 15 is 0 Å². The number of carbonyl (C=O) groups excluding carboxylic acids is 1. The zero-order valence-corrected chi connectivity index (χ0v) is 10.3. The van der Waals surface area contributed by atoms with Gasteiger partial charge in [-0.3, -0.25) is 4.79 Å². The lowest BCUT2D eigenvalue weighted by molar-refractivity contribution is 0.0945. The van der Waals surface area contributed by atoms with E-state index in [-0.39, 0.29) is 12.7 Å². The van der Waals surface area contributed by atoms with Crippen LogP contribution in [0.2, 0.25) is 0 Å². The van der Waals surface area contributed by atoms with Gasteiger partial charge in [-0.15, -0.1) is 10.2 Å². The summed E-state index contributed by atoms with van der Waals surface area (Å²) in [5.74, 6) is 1.52. The Hall–Kier alpha value is -2.57. The first kappa shape index (κ1) is 11.5. The molecule has 1 aromatic heterocycles. The highest BCUT2D eigenvalue weighted by molar-refractivity contribution is 5.97. The molecule has 1 amide bonds. The van der Waals surface area contributed by atoms with Crippen molar-refractivity contribution in [3.05, 3.63) is 35.9 Å². The number of nitrogens with zero attached hydrogens (tertiary/aromatic N) is 3. The van der Waals surface area contributed by atoms with Gasteiger partial charge in [0.15, 0.2) is 17.3 Å². The maximum absolute atomic E-state index is 12.1. The number of carbonyl (C=O) groups is 1. The summed E-state index contributed by atoms with van der Waals surface area (Å²) in [5.41, 5.74) is 0.456. The van der Waals surface area contributed by atoms with Crippen LogP contribution in [0.4, 0.5) is 0 Å². The van der Waals surface area contributed by atoms with E-state index in [0.29, 0.717) is 29.4 Å². The smallest absolute Gasteiger partial charge is 0.255 e. The molecule has 1 N–H and O–H groups in total. The summed E-state index contributed by atoms with van der Waals surface area (Å²) in [5, 5.41) is 10.4. The zero-order valence-electron chi connectivity index (χ0n) is 10.3. The third kappa shape index (κ3) is 2.10. The van der Waals surface area contributed by atoms with Crippen molar-refractivity contribution in [2.24, 2.45) is 7.05 Å². The van der Waals surface area contributed by atoms with Gasteiger partial charge in [0.2, 0.25) is 6.79 Å². The van der Waals surface area contributed by atoms with Gasteiger partial charge in [0.05, 0.1) is 12.1 Å². The van der Waals surface area contributed by atoms with Crippen LogP contribution >= 0.6 is 0 Å². The molecular weight excluding hydrogens is 248 g/mol. The molecule has 2 aromatic rings. The number of aryl methyl sites for hydroxylation is 1. The summed E-state index contributed by atoms with van der Waals surface area (Å²) < 4.78 is 12.3. The van der Waals surface area contributed by atoms with Crippen LogP contribution < -0.4 is 14.8 Å². The van der Waals surface area contributed by atoms with Crippen molar-refractivity contribution in [2.75, 3.05) is 6.79 Å². The van der Waals surface area contributed by atoms with Gasteiger partial charge < -0.3 is 19.4 Å². The van der Waals surface area contributed by atoms with E-state index in [0.717, 1.165) is 0 Å². The topological polar surface area (TPSA) is 78.3 Å². The molecule has 2 heterocycles. The Balaban J connectivity index is 1.75. The van der Waals surface area contributed by atoms with Crippen molar-refractivity contribution in [3.63, 3.8) is 0 Å². The second-order valence-corrected chi connectivity index (χ2v) is 4.08. The van der Waals surface area contributed by atoms with E-state index in [1.165, 1.54) is 0 Å². The molecule has 0 unspecified atom stereocenters. The molecule has 98 valence electrons. The van der Waals surface area contributed by atoms with Crippen molar-refractivity contribution < 1.29 is 14.3 Å². The molecule has 19 heavy (non-hydrogen) atoms. The Morgan fingerprint density at radius 1 is 1.47 bits per heavy atom. The summed E-state index contributed by atoms with van der Waals surface area (Å²) in [7, 11) is 1.82. The van der Waals surface area contributed by atoms with Crippen LogP contribution in [0.25, 0.3) is 0 Å². The quantitative estimate of drug-likeness (QED) is 0.868. The fraction of sp³-hybridized carbons (Fsp3) is 0.250. The van der Waals surface area contributed by atoms with Gasteiger partial charge in [-0.2, -0.15) is 0 Å². The van der Waals surface area contributed by atoms with E-state index in [4.69, 9.17) is 9.47 Å². The number of benzene rings is 1. The molecule has 0 atom stereocenters. The molecule has 0 radical (unpaired) electrons. The third-order valence-electron chi connectivity index (χ3n) is 2.85. The summed E-state index contributed by atoms with van der Waals surface area (Å²) in [6.45, 7) is 0.447. The monoisotopic (exact) mass is 260 g/mol. The van der Waals surface area contributed by atoms with Gasteiger partial charge in [0, 0.05) is 7.05 Å². The van der Waals surface area contributed by atoms with Gasteiger partial charge in [-0.25, -0.2) is 0 Å². The number of rotatable bonds is 3. The SMILES string of the molecule is Cn1cnnc1CNC(=O)c1cccc2c1OCO2. The summed E-state index contributed by atoms with van der Waals surface area (Å²) >= 11 is 0. The molecule has 0 saturated heterocycles. The van der Waals surface area contributed by atoms with E-state index in [1.54, 1.807) is 29.1 Å². The van der Waals surface area contributed by atoms with Gasteiger partial charge in [-0.1, -0.05) is 6.07 Å². The van der Waals surface area contributed by atoms with Crippen molar-refractivity contribution in [1.82, 2.24) is 20.1 Å². The third-order valence-corrected chi connectivity index (χ3v) is 2.85. The van der Waals surface area contributed by atoms with Crippen molar-refractivity contribution in [3.8, 4) is 11.5 Å². The number of aromatic nitrogens is 3. The molecule has 3 rings (SSSR count). The van der Waals surface area contributed by atoms with Crippen molar-refractivity contribution >= 4 is 5.91 Å². The molecular formula is C12H12N4O3. The first-order chi connectivity index (χ1) is 9.25. The normalized spacial score (nSPS) is 12.5. The van der Waals surface area contributed by atoms with Crippen molar-refractivity contribution in [1.29, 1.82) is 0 Å². The number of amides is 1. The number of nitrogens with one attached hydrogen (secondary N) is 1. The van der Waals surface area contributed by atoms with E-state index in [1.807, 2.05) is 7.05 Å². The first-order valence-electron chi connectivity index (χ1n) is 5.75.